The Hall–Kier alpha value is -4.56. The van der Waals surface area contributed by atoms with Crippen LogP contribution in [0.25, 0.3) is 0 Å². The molecule has 9 atom stereocenters. The Bertz CT molecular complexity index is 1760. The molecule has 0 unspecified atom stereocenters. The molecule has 9 N–H and O–H groups in total. The van der Waals surface area contributed by atoms with Crippen LogP contribution in [0, 0.1) is 0 Å². The van der Waals surface area contributed by atoms with Crippen LogP contribution < -0.4 is 9.47 Å². The molecule has 240 valence electrons. The van der Waals surface area contributed by atoms with Gasteiger partial charge in [0.2, 0.25) is 6.29 Å². The number of aliphatic hydroxyl groups excluding tert-OH is 5. The average Bonchev–Trinajstić information content (AvgIpc) is 3.37. The second kappa shape index (κ2) is 11.4. The predicted octanol–water partition coefficient (Wildman–Crippen LogP) is 2.13. The molecule has 2 heterocycles. The minimum Gasteiger partial charge on any atom is -0.508 e. The topological polar surface area (TPSA) is 210 Å². The zero-order chi connectivity index (χ0) is 32.4. The van der Waals surface area contributed by atoms with Crippen molar-refractivity contribution in [2.75, 3.05) is 6.61 Å². The third-order valence-corrected chi connectivity index (χ3v) is 9.05. The minimum absolute atomic E-state index is 0.000276. The molecule has 4 aromatic carbocycles. The third kappa shape index (κ3) is 4.87. The summed E-state index contributed by atoms with van der Waals surface area (Å²) in [4.78, 5) is 0. The fraction of sp³-hybridized carbons (Fsp3) is 0.294. The quantitative estimate of drug-likeness (QED) is 0.155. The van der Waals surface area contributed by atoms with Crippen LogP contribution in [0.2, 0.25) is 0 Å². The lowest BCUT2D eigenvalue weighted by Gasteiger charge is -2.39. The molecule has 1 fully saturated rings. The minimum atomic E-state index is -1.69. The lowest BCUT2D eigenvalue weighted by atomic mass is 9.80. The summed E-state index contributed by atoms with van der Waals surface area (Å²) >= 11 is 0. The van der Waals surface area contributed by atoms with Gasteiger partial charge in [0.25, 0.3) is 0 Å². The number of benzene rings is 4. The van der Waals surface area contributed by atoms with E-state index in [1.54, 1.807) is 24.3 Å². The zero-order valence-corrected chi connectivity index (χ0v) is 24.1. The zero-order valence-electron chi connectivity index (χ0n) is 24.1. The second-order valence-corrected chi connectivity index (χ2v) is 11.8. The molecule has 4 aromatic rings. The normalized spacial score (nSPS) is 29.7. The highest BCUT2D eigenvalue weighted by atomic mass is 16.7. The van der Waals surface area contributed by atoms with Gasteiger partial charge in [-0.2, -0.15) is 0 Å². The molecule has 0 bridgehead atoms. The fourth-order valence-corrected chi connectivity index (χ4v) is 6.87. The summed E-state index contributed by atoms with van der Waals surface area (Å²) in [6.45, 7) is -0.652. The first-order valence-corrected chi connectivity index (χ1v) is 14.7. The van der Waals surface area contributed by atoms with Crippen LogP contribution in [-0.2, 0) is 4.74 Å². The van der Waals surface area contributed by atoms with E-state index in [0.717, 1.165) is 0 Å². The first-order valence-electron chi connectivity index (χ1n) is 14.7. The smallest absolute Gasteiger partial charge is 0.229 e. The number of hydrogen-bond donors (Lipinski definition) is 9. The number of aromatic hydroxyl groups is 4. The summed E-state index contributed by atoms with van der Waals surface area (Å²) in [5.41, 5.74) is 2.87. The predicted molar refractivity (Wildman–Crippen MR) is 159 cm³/mol. The second-order valence-electron chi connectivity index (χ2n) is 11.8. The SMILES string of the molecule is OC[C@H]1O[C@@H](Oc2cc3c4c(c2)[C@@H](O)[C@H](c2ccc(O)cc2)c2c(O)cc(O)cc2[C@H]4[C@H](c2ccc(O)cc2)O3)[C@H](O)[C@@H](O)[C@@H]1O. The average molecular weight is 633 g/mol. The number of ether oxygens (including phenoxy) is 3. The van der Waals surface area contributed by atoms with Gasteiger partial charge >= 0.3 is 0 Å². The van der Waals surface area contributed by atoms with Gasteiger partial charge in [-0.05, 0) is 58.7 Å². The van der Waals surface area contributed by atoms with Crippen LogP contribution in [0.5, 0.6) is 34.5 Å². The first kappa shape index (κ1) is 30.1. The van der Waals surface area contributed by atoms with Crippen molar-refractivity contribution >= 4 is 0 Å². The lowest BCUT2D eigenvalue weighted by molar-refractivity contribution is -0.277. The summed E-state index contributed by atoms with van der Waals surface area (Å²) in [7, 11) is 0. The molecule has 46 heavy (non-hydrogen) atoms. The molecule has 2 aliphatic heterocycles. The monoisotopic (exact) mass is 632 g/mol. The largest absolute Gasteiger partial charge is 0.508 e. The number of phenols is 4. The van der Waals surface area contributed by atoms with Gasteiger partial charge < -0.3 is 60.2 Å². The van der Waals surface area contributed by atoms with E-state index in [1.165, 1.54) is 48.5 Å². The van der Waals surface area contributed by atoms with E-state index in [4.69, 9.17) is 14.2 Å². The van der Waals surface area contributed by atoms with Crippen molar-refractivity contribution in [3.8, 4) is 34.5 Å². The molecule has 0 amide bonds. The number of phenolic OH excluding ortho intramolecular Hbond substituents is 4. The van der Waals surface area contributed by atoms with E-state index in [9.17, 15) is 46.0 Å². The maximum atomic E-state index is 12.2. The molecule has 7 rings (SSSR count). The number of rotatable bonds is 5. The van der Waals surface area contributed by atoms with Crippen LogP contribution in [-0.4, -0.2) is 83.3 Å². The van der Waals surface area contributed by atoms with Gasteiger partial charge in [-0.25, -0.2) is 0 Å². The highest BCUT2D eigenvalue weighted by molar-refractivity contribution is 5.65. The molecule has 1 saturated heterocycles. The summed E-state index contributed by atoms with van der Waals surface area (Å²) in [5.74, 6) is -1.69. The molecular weight excluding hydrogens is 600 g/mol. The maximum Gasteiger partial charge on any atom is 0.229 e. The Morgan fingerprint density at radius 1 is 0.630 bits per heavy atom. The van der Waals surface area contributed by atoms with Gasteiger partial charge in [0.1, 0.15) is 65.0 Å². The Morgan fingerprint density at radius 3 is 1.93 bits per heavy atom. The first-order chi connectivity index (χ1) is 22.0. The Kier molecular flexibility index (Phi) is 7.43. The van der Waals surface area contributed by atoms with Crippen molar-refractivity contribution in [1.29, 1.82) is 0 Å². The van der Waals surface area contributed by atoms with Crippen LogP contribution in [0.15, 0.2) is 72.8 Å². The van der Waals surface area contributed by atoms with Gasteiger partial charge in [0.05, 0.1) is 18.6 Å². The van der Waals surface area contributed by atoms with E-state index >= 15 is 0 Å². The Balaban J connectivity index is 1.42. The highest BCUT2D eigenvalue weighted by Gasteiger charge is 2.48. The maximum absolute atomic E-state index is 12.2. The fourth-order valence-electron chi connectivity index (χ4n) is 6.87. The van der Waals surface area contributed by atoms with Crippen LogP contribution in [0.1, 0.15) is 57.4 Å². The van der Waals surface area contributed by atoms with E-state index in [2.05, 4.69) is 0 Å². The molecule has 0 spiro atoms. The molecular formula is C34H32O12. The highest BCUT2D eigenvalue weighted by Crippen LogP contribution is 2.60. The summed E-state index contributed by atoms with van der Waals surface area (Å²) in [6, 6.07) is 18.3. The van der Waals surface area contributed by atoms with Gasteiger partial charge in [0, 0.05) is 29.2 Å². The Labute approximate surface area is 262 Å². The van der Waals surface area contributed by atoms with Gasteiger partial charge in [-0.15, -0.1) is 0 Å². The Morgan fingerprint density at radius 2 is 1.28 bits per heavy atom. The van der Waals surface area contributed by atoms with Crippen LogP contribution in [0.4, 0.5) is 0 Å². The van der Waals surface area contributed by atoms with Crippen molar-refractivity contribution in [1.82, 2.24) is 0 Å². The van der Waals surface area contributed by atoms with Crippen molar-refractivity contribution < 1.29 is 60.2 Å². The van der Waals surface area contributed by atoms with Crippen molar-refractivity contribution in [3.05, 3.63) is 106 Å². The van der Waals surface area contributed by atoms with Crippen molar-refractivity contribution in [3.63, 3.8) is 0 Å². The molecule has 0 radical (unpaired) electrons. The van der Waals surface area contributed by atoms with Crippen molar-refractivity contribution in [2.45, 2.75) is 54.7 Å². The molecule has 12 heteroatoms. The van der Waals surface area contributed by atoms with E-state index < -0.39 is 61.4 Å². The number of fused-ring (bicyclic) bond motifs is 2. The summed E-state index contributed by atoms with van der Waals surface area (Å²) < 4.78 is 18.0. The van der Waals surface area contributed by atoms with Crippen LogP contribution >= 0.6 is 0 Å². The van der Waals surface area contributed by atoms with Gasteiger partial charge in [-0.3, -0.25) is 0 Å². The number of hydrogen-bond acceptors (Lipinski definition) is 12. The van der Waals surface area contributed by atoms with Crippen molar-refractivity contribution in [2.24, 2.45) is 0 Å². The molecule has 1 aliphatic carbocycles. The third-order valence-electron chi connectivity index (χ3n) is 9.05. The van der Waals surface area contributed by atoms with Crippen LogP contribution in [0.3, 0.4) is 0 Å². The molecule has 0 saturated carbocycles. The van der Waals surface area contributed by atoms with E-state index in [1.807, 2.05) is 0 Å². The van der Waals surface area contributed by atoms with E-state index in [-0.39, 0.29) is 34.5 Å². The standard InChI is InChI=1S/C34H32O12/c35-13-24-30(41)31(42)32(43)34(46-24)44-19-11-21-27-23(12-19)45-33(15-3-7-17(37)8-4-15)28(27)20-9-18(38)10-22(39)26(20)25(29(21)40)14-1-5-16(36)6-2-14/h1-12,24-25,28-43H,13H2/t24-,25-,28-,29-,30-,31+,32-,33+,34-/m1/s1. The summed E-state index contributed by atoms with van der Waals surface area (Å²) in [6.07, 6.45) is -9.80. The lowest BCUT2D eigenvalue weighted by Crippen LogP contribution is -2.60. The van der Waals surface area contributed by atoms with Gasteiger partial charge in [0.15, 0.2) is 0 Å². The molecule has 3 aliphatic rings. The summed E-state index contributed by atoms with van der Waals surface area (Å²) in [5, 5.41) is 95.0. The number of aliphatic hydroxyl groups is 5. The molecule has 0 aromatic heterocycles. The van der Waals surface area contributed by atoms with Gasteiger partial charge in [-0.1, -0.05) is 24.3 Å². The van der Waals surface area contributed by atoms with E-state index in [0.29, 0.717) is 33.4 Å². The molecule has 12 nitrogen and oxygen atoms in total.